The third kappa shape index (κ3) is 4.66. The van der Waals surface area contributed by atoms with Crippen LogP contribution in [0.5, 0.6) is 5.75 Å². The van der Waals surface area contributed by atoms with Crippen LogP contribution in [0.15, 0.2) is 42.5 Å². The molecule has 0 fully saturated rings. The molecular formula is C18H20Cl2O. The highest BCUT2D eigenvalue weighted by molar-refractivity contribution is 6.30. The minimum atomic E-state index is 0.362. The average Bonchev–Trinajstić information content (AvgIpc) is 2.47. The quantitative estimate of drug-likeness (QED) is 0.656. The van der Waals surface area contributed by atoms with Gasteiger partial charge in [0.15, 0.2) is 0 Å². The molecule has 1 atom stereocenters. The monoisotopic (exact) mass is 322 g/mol. The molecule has 0 amide bonds. The van der Waals surface area contributed by atoms with Crippen molar-refractivity contribution >= 4 is 23.2 Å². The van der Waals surface area contributed by atoms with E-state index >= 15 is 0 Å². The van der Waals surface area contributed by atoms with Crippen LogP contribution in [0.3, 0.4) is 0 Å². The predicted octanol–water partition coefficient (Wildman–Crippen LogP) is 5.30. The van der Waals surface area contributed by atoms with Crippen molar-refractivity contribution in [3.8, 4) is 5.75 Å². The molecule has 2 rings (SSSR count). The summed E-state index contributed by atoms with van der Waals surface area (Å²) in [5.74, 6) is 1.85. The summed E-state index contributed by atoms with van der Waals surface area (Å²) in [4.78, 5) is 0. The Bertz CT molecular complexity index is 596. The molecule has 112 valence electrons. The Hall–Kier alpha value is -1.18. The number of alkyl halides is 1. The van der Waals surface area contributed by atoms with E-state index in [0.29, 0.717) is 11.8 Å². The molecule has 0 spiro atoms. The predicted molar refractivity (Wildman–Crippen MR) is 90.8 cm³/mol. The van der Waals surface area contributed by atoms with E-state index in [-0.39, 0.29) is 0 Å². The molecule has 0 aliphatic heterocycles. The number of halogens is 2. The van der Waals surface area contributed by atoms with E-state index in [9.17, 15) is 0 Å². The van der Waals surface area contributed by atoms with Gasteiger partial charge in [-0.1, -0.05) is 41.4 Å². The van der Waals surface area contributed by atoms with E-state index in [4.69, 9.17) is 27.9 Å². The fraction of sp³-hybridized carbons (Fsp3) is 0.333. The Balaban J connectivity index is 2.14. The Morgan fingerprint density at radius 3 is 2.57 bits per heavy atom. The lowest BCUT2D eigenvalue weighted by atomic mass is 9.93. The molecule has 0 radical (unpaired) electrons. The Morgan fingerprint density at radius 1 is 1.10 bits per heavy atom. The van der Waals surface area contributed by atoms with Crippen LogP contribution in [0, 0.1) is 12.8 Å². The third-order valence-corrected chi connectivity index (χ3v) is 4.25. The average molecular weight is 323 g/mol. The largest absolute Gasteiger partial charge is 0.496 e. The standard InChI is InChI=1S/C18H20Cl2O/c1-13-4-3-5-14(8-13)9-15(12-19)10-16-11-17(20)6-7-18(16)21-2/h3-8,11,15H,9-10,12H2,1-2H3. The van der Waals surface area contributed by atoms with Crippen LogP contribution >= 0.6 is 23.2 Å². The molecule has 2 aromatic rings. The van der Waals surface area contributed by atoms with Gasteiger partial charge in [-0.25, -0.2) is 0 Å². The van der Waals surface area contributed by atoms with Crippen LogP contribution < -0.4 is 4.74 Å². The highest BCUT2D eigenvalue weighted by Crippen LogP contribution is 2.27. The van der Waals surface area contributed by atoms with E-state index in [2.05, 4.69) is 31.2 Å². The minimum Gasteiger partial charge on any atom is -0.496 e. The zero-order valence-electron chi connectivity index (χ0n) is 12.4. The Labute approximate surface area is 136 Å². The maximum absolute atomic E-state index is 6.17. The van der Waals surface area contributed by atoms with Gasteiger partial charge in [0.2, 0.25) is 0 Å². The van der Waals surface area contributed by atoms with Gasteiger partial charge in [0.05, 0.1) is 7.11 Å². The van der Waals surface area contributed by atoms with Crippen molar-refractivity contribution < 1.29 is 4.74 Å². The minimum absolute atomic E-state index is 0.362. The topological polar surface area (TPSA) is 9.23 Å². The molecule has 0 N–H and O–H groups in total. The molecule has 0 aliphatic rings. The first-order valence-corrected chi connectivity index (χ1v) is 7.97. The zero-order valence-corrected chi connectivity index (χ0v) is 13.9. The molecule has 2 aromatic carbocycles. The van der Waals surface area contributed by atoms with Gasteiger partial charge in [-0.05, 0) is 55.0 Å². The number of rotatable bonds is 6. The lowest BCUT2D eigenvalue weighted by Gasteiger charge is -2.17. The highest BCUT2D eigenvalue weighted by Gasteiger charge is 2.13. The third-order valence-electron chi connectivity index (χ3n) is 3.58. The van der Waals surface area contributed by atoms with E-state index in [1.807, 2.05) is 18.2 Å². The van der Waals surface area contributed by atoms with Crippen LogP contribution in [0.1, 0.15) is 16.7 Å². The van der Waals surface area contributed by atoms with E-state index in [0.717, 1.165) is 29.2 Å². The van der Waals surface area contributed by atoms with Crippen LogP contribution in [0.4, 0.5) is 0 Å². The van der Waals surface area contributed by atoms with Crippen molar-refractivity contribution in [2.24, 2.45) is 5.92 Å². The van der Waals surface area contributed by atoms with Crippen molar-refractivity contribution in [3.63, 3.8) is 0 Å². The lowest BCUT2D eigenvalue weighted by Crippen LogP contribution is -2.11. The molecule has 1 unspecified atom stereocenters. The van der Waals surface area contributed by atoms with Gasteiger partial charge < -0.3 is 4.74 Å². The van der Waals surface area contributed by atoms with Gasteiger partial charge in [-0.2, -0.15) is 0 Å². The van der Waals surface area contributed by atoms with Gasteiger partial charge in [0.1, 0.15) is 5.75 Å². The van der Waals surface area contributed by atoms with Gasteiger partial charge in [0.25, 0.3) is 0 Å². The number of methoxy groups -OCH3 is 1. The van der Waals surface area contributed by atoms with Crippen LogP contribution in [0.25, 0.3) is 0 Å². The maximum Gasteiger partial charge on any atom is 0.122 e. The van der Waals surface area contributed by atoms with Gasteiger partial charge >= 0.3 is 0 Å². The summed E-state index contributed by atoms with van der Waals surface area (Å²) in [6.07, 6.45) is 1.82. The normalized spacial score (nSPS) is 12.2. The number of aryl methyl sites for hydroxylation is 1. The lowest BCUT2D eigenvalue weighted by molar-refractivity contribution is 0.405. The second-order valence-electron chi connectivity index (χ2n) is 5.37. The Kier molecular flexibility index (Phi) is 5.96. The molecule has 21 heavy (non-hydrogen) atoms. The first-order valence-electron chi connectivity index (χ1n) is 7.06. The van der Waals surface area contributed by atoms with Crippen molar-refractivity contribution in [2.75, 3.05) is 13.0 Å². The van der Waals surface area contributed by atoms with E-state index in [1.165, 1.54) is 11.1 Å². The fourth-order valence-electron chi connectivity index (χ4n) is 2.57. The van der Waals surface area contributed by atoms with Crippen molar-refractivity contribution in [2.45, 2.75) is 19.8 Å². The molecular weight excluding hydrogens is 303 g/mol. The number of benzene rings is 2. The SMILES string of the molecule is COc1ccc(Cl)cc1CC(CCl)Cc1cccc(C)c1. The van der Waals surface area contributed by atoms with Gasteiger partial charge in [0, 0.05) is 10.9 Å². The summed E-state index contributed by atoms with van der Waals surface area (Å²) in [7, 11) is 1.68. The molecule has 1 nitrogen and oxygen atoms in total. The summed E-state index contributed by atoms with van der Waals surface area (Å²) in [6, 6.07) is 14.3. The Morgan fingerprint density at radius 2 is 1.90 bits per heavy atom. The molecule has 0 bridgehead atoms. The van der Waals surface area contributed by atoms with Gasteiger partial charge in [-0.15, -0.1) is 11.6 Å². The van der Waals surface area contributed by atoms with Crippen molar-refractivity contribution in [1.82, 2.24) is 0 Å². The van der Waals surface area contributed by atoms with Crippen molar-refractivity contribution in [3.05, 3.63) is 64.2 Å². The zero-order chi connectivity index (χ0) is 15.2. The summed E-state index contributed by atoms with van der Waals surface area (Å²) < 4.78 is 5.41. The number of ether oxygens (including phenoxy) is 1. The maximum atomic E-state index is 6.17. The van der Waals surface area contributed by atoms with Crippen molar-refractivity contribution in [1.29, 1.82) is 0 Å². The highest BCUT2D eigenvalue weighted by atomic mass is 35.5. The second kappa shape index (κ2) is 7.72. The van der Waals surface area contributed by atoms with E-state index in [1.54, 1.807) is 7.11 Å². The number of hydrogen-bond donors (Lipinski definition) is 0. The van der Waals surface area contributed by atoms with Crippen LogP contribution in [-0.4, -0.2) is 13.0 Å². The summed E-state index contributed by atoms with van der Waals surface area (Å²) >= 11 is 12.3. The molecule has 0 aliphatic carbocycles. The first-order chi connectivity index (χ1) is 10.1. The van der Waals surface area contributed by atoms with Gasteiger partial charge in [-0.3, -0.25) is 0 Å². The summed E-state index contributed by atoms with van der Waals surface area (Å²) in [5, 5.41) is 0.731. The molecule has 0 saturated carbocycles. The molecule has 0 saturated heterocycles. The molecule has 0 heterocycles. The first kappa shape index (κ1) is 16.2. The van der Waals surface area contributed by atoms with E-state index < -0.39 is 0 Å². The second-order valence-corrected chi connectivity index (χ2v) is 6.12. The van der Waals surface area contributed by atoms with Crippen LogP contribution in [-0.2, 0) is 12.8 Å². The number of hydrogen-bond acceptors (Lipinski definition) is 1. The fourth-order valence-corrected chi connectivity index (χ4v) is 2.98. The smallest absolute Gasteiger partial charge is 0.122 e. The molecule has 3 heteroatoms. The molecule has 0 aromatic heterocycles. The van der Waals surface area contributed by atoms with Crippen LogP contribution in [0.2, 0.25) is 5.02 Å². The summed E-state index contributed by atoms with van der Waals surface area (Å²) in [5.41, 5.74) is 3.71. The summed E-state index contributed by atoms with van der Waals surface area (Å²) in [6.45, 7) is 2.11.